The number of nitrogens with one attached hydrogen (secondary N) is 1. The molecule has 0 amide bonds. The fourth-order valence-corrected chi connectivity index (χ4v) is 4.77. The van der Waals surface area contributed by atoms with Crippen molar-refractivity contribution in [3.8, 4) is 0 Å². The number of aryl methyl sites for hydroxylation is 1. The lowest BCUT2D eigenvalue weighted by atomic mass is 10.2. The highest BCUT2D eigenvalue weighted by atomic mass is 32.2. The highest BCUT2D eigenvalue weighted by molar-refractivity contribution is 7.89. The van der Waals surface area contributed by atoms with Gasteiger partial charge in [-0.15, -0.1) is 0 Å². The molecule has 0 saturated carbocycles. The van der Waals surface area contributed by atoms with Gasteiger partial charge in [0, 0.05) is 25.5 Å². The average molecular weight is 430 g/mol. The molecule has 1 atom stereocenters. The third-order valence-corrected chi connectivity index (χ3v) is 6.60. The molecule has 3 heterocycles. The highest BCUT2D eigenvalue weighted by Crippen LogP contribution is 2.27. The van der Waals surface area contributed by atoms with Crippen molar-refractivity contribution in [2.45, 2.75) is 17.9 Å². The molecule has 30 heavy (non-hydrogen) atoms. The van der Waals surface area contributed by atoms with Gasteiger partial charge in [-0.2, -0.15) is 4.31 Å². The lowest BCUT2D eigenvalue weighted by molar-refractivity contribution is -0.00507. The minimum absolute atomic E-state index is 0.0686. The largest absolute Gasteiger partial charge is 0.369 e. The van der Waals surface area contributed by atoms with E-state index in [2.05, 4.69) is 25.3 Å². The number of rotatable bonds is 5. The quantitative estimate of drug-likeness (QED) is 0.656. The summed E-state index contributed by atoms with van der Waals surface area (Å²) in [5.41, 5.74) is 0.832. The van der Waals surface area contributed by atoms with Crippen LogP contribution in [-0.2, 0) is 14.8 Å². The average Bonchev–Trinajstić information content (AvgIpc) is 2.74. The molecule has 1 fully saturated rings. The summed E-state index contributed by atoms with van der Waals surface area (Å²) < 4.78 is 46.6. The first kappa shape index (κ1) is 20.3. The second-order valence-corrected chi connectivity index (χ2v) is 8.57. The smallest absolute Gasteiger partial charge is 0.243 e. The summed E-state index contributed by atoms with van der Waals surface area (Å²) in [6.45, 7) is 2.03. The molecule has 1 aliphatic rings. The molecule has 0 unspecified atom stereocenters. The number of hydrogen-bond donors (Lipinski definition) is 1. The summed E-state index contributed by atoms with van der Waals surface area (Å²) in [5, 5.41) is 2.94. The molecule has 1 saturated heterocycles. The van der Waals surface area contributed by atoms with Gasteiger partial charge in [-0.25, -0.2) is 27.8 Å². The number of anilines is 2. The van der Waals surface area contributed by atoms with E-state index >= 15 is 0 Å². The summed E-state index contributed by atoms with van der Waals surface area (Å²) in [6.07, 6.45) is 5.63. The number of nitrogens with zero attached hydrogens (tertiary/aromatic N) is 5. The molecule has 2 aromatic heterocycles. The molecule has 9 nitrogen and oxygen atoms in total. The van der Waals surface area contributed by atoms with Crippen molar-refractivity contribution in [2.24, 2.45) is 0 Å². The Labute approximate surface area is 173 Å². The van der Waals surface area contributed by atoms with E-state index in [1.54, 1.807) is 25.4 Å². The van der Waals surface area contributed by atoms with E-state index in [9.17, 15) is 12.8 Å². The number of hydrogen-bond acceptors (Lipinski definition) is 8. The Hall–Kier alpha value is -3.02. The van der Waals surface area contributed by atoms with E-state index in [1.807, 2.05) is 0 Å². The Balaban J connectivity index is 1.55. The van der Waals surface area contributed by atoms with E-state index in [1.165, 1.54) is 28.8 Å². The van der Waals surface area contributed by atoms with Crippen LogP contribution < -0.4 is 5.32 Å². The minimum Gasteiger partial charge on any atom is -0.369 e. The number of aromatic nitrogens is 4. The van der Waals surface area contributed by atoms with Crippen LogP contribution in [0.5, 0.6) is 0 Å². The van der Waals surface area contributed by atoms with Crippen LogP contribution in [0.3, 0.4) is 0 Å². The Kier molecular flexibility index (Phi) is 5.66. The van der Waals surface area contributed by atoms with E-state index in [4.69, 9.17) is 4.74 Å². The molecule has 1 aliphatic heterocycles. The number of halogens is 1. The third-order valence-electron chi connectivity index (χ3n) is 4.57. The normalized spacial score (nSPS) is 17.6. The first-order valence-electron chi connectivity index (χ1n) is 9.17. The van der Waals surface area contributed by atoms with Crippen molar-refractivity contribution in [1.29, 1.82) is 0 Å². The van der Waals surface area contributed by atoms with Gasteiger partial charge in [0.1, 0.15) is 11.9 Å². The fourth-order valence-electron chi connectivity index (χ4n) is 3.14. The Bertz CT molecular complexity index is 1150. The molecule has 0 radical (unpaired) electrons. The van der Waals surface area contributed by atoms with Crippen molar-refractivity contribution in [3.63, 3.8) is 0 Å². The second kappa shape index (κ2) is 8.38. The van der Waals surface area contributed by atoms with Gasteiger partial charge in [0.25, 0.3) is 0 Å². The third kappa shape index (κ3) is 4.27. The number of benzene rings is 1. The van der Waals surface area contributed by atoms with Crippen molar-refractivity contribution >= 4 is 21.8 Å². The van der Waals surface area contributed by atoms with Crippen molar-refractivity contribution in [1.82, 2.24) is 24.2 Å². The zero-order chi connectivity index (χ0) is 21.1. The van der Waals surface area contributed by atoms with Gasteiger partial charge in [0.2, 0.25) is 16.0 Å². The maximum Gasteiger partial charge on any atom is 0.243 e. The molecule has 0 aliphatic carbocycles. The van der Waals surface area contributed by atoms with E-state index in [0.29, 0.717) is 23.0 Å². The molecule has 11 heteroatoms. The second-order valence-electron chi connectivity index (χ2n) is 6.66. The molecular formula is C19H19FN6O3S. The van der Waals surface area contributed by atoms with Crippen LogP contribution in [0, 0.1) is 12.7 Å². The van der Waals surface area contributed by atoms with E-state index in [-0.39, 0.29) is 24.6 Å². The predicted octanol–water partition coefficient (Wildman–Crippen LogP) is 2.22. The van der Waals surface area contributed by atoms with Crippen LogP contribution in [0.25, 0.3) is 0 Å². The lowest BCUT2D eigenvalue weighted by Crippen LogP contribution is -2.42. The van der Waals surface area contributed by atoms with E-state index in [0.717, 1.165) is 6.07 Å². The van der Waals surface area contributed by atoms with Gasteiger partial charge in [-0.1, -0.05) is 0 Å². The van der Waals surface area contributed by atoms with Crippen LogP contribution >= 0.6 is 0 Å². The van der Waals surface area contributed by atoms with Gasteiger partial charge in [0.05, 0.1) is 29.6 Å². The maximum atomic E-state index is 13.4. The minimum atomic E-state index is -3.81. The van der Waals surface area contributed by atoms with Crippen LogP contribution in [0.4, 0.5) is 16.2 Å². The van der Waals surface area contributed by atoms with Gasteiger partial charge >= 0.3 is 0 Å². The van der Waals surface area contributed by atoms with Crippen molar-refractivity contribution < 1.29 is 17.5 Å². The van der Waals surface area contributed by atoms with Crippen LogP contribution in [0.2, 0.25) is 0 Å². The monoisotopic (exact) mass is 430 g/mol. The van der Waals surface area contributed by atoms with Crippen molar-refractivity contribution in [2.75, 3.05) is 25.0 Å². The van der Waals surface area contributed by atoms with Crippen LogP contribution in [0.1, 0.15) is 17.4 Å². The summed E-state index contributed by atoms with van der Waals surface area (Å²) in [4.78, 5) is 16.8. The van der Waals surface area contributed by atoms with Crippen molar-refractivity contribution in [3.05, 3.63) is 66.1 Å². The number of sulfonamides is 1. The molecule has 3 aromatic rings. The Morgan fingerprint density at radius 2 is 2.03 bits per heavy atom. The topological polar surface area (TPSA) is 110 Å². The summed E-state index contributed by atoms with van der Waals surface area (Å²) >= 11 is 0. The summed E-state index contributed by atoms with van der Waals surface area (Å²) in [7, 11) is -3.81. The molecule has 156 valence electrons. The van der Waals surface area contributed by atoms with Gasteiger partial charge in [0.15, 0.2) is 5.82 Å². The lowest BCUT2D eigenvalue weighted by Gasteiger charge is -2.32. The maximum absolute atomic E-state index is 13.4. The molecule has 0 spiro atoms. The SMILES string of the molecule is Cc1cc(F)ccc1S(=O)(=O)N1CCO[C@@H](c2cncc(Nc3ncccn3)n2)C1. The highest BCUT2D eigenvalue weighted by Gasteiger charge is 2.33. The number of morpholine rings is 1. The standard InChI is InChI=1S/C19H19FN6O3S/c1-13-9-14(20)3-4-17(13)30(27,28)26-7-8-29-16(12-26)15-10-21-11-18(24-15)25-19-22-5-2-6-23-19/h2-6,9-11,16H,7-8,12H2,1H3,(H,22,23,24,25)/t16-/m1/s1. The molecule has 1 aromatic carbocycles. The summed E-state index contributed by atoms with van der Waals surface area (Å²) in [6, 6.07) is 5.33. The first-order chi connectivity index (χ1) is 14.4. The molecule has 0 bridgehead atoms. The van der Waals surface area contributed by atoms with Crippen LogP contribution in [-0.4, -0.2) is 52.4 Å². The van der Waals surface area contributed by atoms with E-state index < -0.39 is 21.9 Å². The Morgan fingerprint density at radius 1 is 1.23 bits per heavy atom. The Morgan fingerprint density at radius 3 is 2.80 bits per heavy atom. The first-order valence-corrected chi connectivity index (χ1v) is 10.6. The zero-order valence-corrected chi connectivity index (χ0v) is 16.9. The predicted molar refractivity (Wildman–Crippen MR) is 106 cm³/mol. The van der Waals surface area contributed by atoms with Crippen LogP contribution in [0.15, 0.2) is 53.9 Å². The molecule has 1 N–H and O–H groups in total. The van der Waals surface area contributed by atoms with Gasteiger partial charge in [-0.3, -0.25) is 4.98 Å². The fraction of sp³-hybridized carbons (Fsp3) is 0.263. The summed E-state index contributed by atoms with van der Waals surface area (Å²) in [5.74, 6) is 0.300. The zero-order valence-electron chi connectivity index (χ0n) is 16.1. The number of ether oxygens (including phenoxy) is 1. The molecule has 4 rings (SSSR count). The van der Waals surface area contributed by atoms with Gasteiger partial charge < -0.3 is 10.1 Å². The van der Waals surface area contributed by atoms with Gasteiger partial charge in [-0.05, 0) is 36.8 Å². The molecular weight excluding hydrogens is 411 g/mol.